The van der Waals surface area contributed by atoms with Crippen molar-refractivity contribution in [3.8, 4) is 0 Å². The van der Waals surface area contributed by atoms with E-state index in [4.69, 9.17) is 44.3 Å². The second kappa shape index (κ2) is 14.9. The van der Waals surface area contributed by atoms with Crippen LogP contribution in [-0.4, -0.2) is 125 Å². The summed E-state index contributed by atoms with van der Waals surface area (Å²) in [6.07, 6.45) is 0. The number of aromatic nitrogens is 2. The van der Waals surface area contributed by atoms with Crippen LogP contribution >= 0.6 is 34.8 Å². The van der Waals surface area contributed by atoms with Crippen LogP contribution in [-0.2, 0) is 9.47 Å². The van der Waals surface area contributed by atoms with Crippen molar-refractivity contribution < 1.29 is 19.1 Å². The number of ether oxygens (including phenoxy) is 2. The second-order valence-electron chi connectivity index (χ2n) is 9.68. The highest BCUT2D eigenvalue weighted by molar-refractivity contribution is 6.34. The molecule has 12 nitrogen and oxygen atoms in total. The Morgan fingerprint density at radius 3 is 1.66 bits per heavy atom. The SMILES string of the molecule is CN1CCN(c2cc(Cl)cc(N3CCOCC3)n2)C1=O.CN1CCNC1=O.Clc1cc(Cl)nc(N2CCOCC2)c1. The van der Waals surface area contributed by atoms with Crippen molar-refractivity contribution in [1.82, 2.24) is 25.1 Å². The predicted molar refractivity (Wildman–Crippen MR) is 161 cm³/mol. The van der Waals surface area contributed by atoms with E-state index in [0.29, 0.717) is 47.3 Å². The molecular weight excluding hydrogens is 595 g/mol. The summed E-state index contributed by atoms with van der Waals surface area (Å²) in [7, 11) is 3.57. The topological polar surface area (TPSA) is 107 Å². The van der Waals surface area contributed by atoms with Crippen molar-refractivity contribution in [2.45, 2.75) is 0 Å². The molecule has 224 valence electrons. The van der Waals surface area contributed by atoms with E-state index in [1.807, 2.05) is 12.1 Å². The zero-order chi connectivity index (χ0) is 29.4. The van der Waals surface area contributed by atoms with Crippen molar-refractivity contribution in [3.05, 3.63) is 39.5 Å². The molecule has 15 heteroatoms. The number of hydrogen-bond acceptors (Lipinski definition) is 8. The molecule has 0 atom stereocenters. The van der Waals surface area contributed by atoms with Gasteiger partial charge in [0.15, 0.2) is 0 Å². The Hall–Kier alpha value is -2.77. The molecule has 6 rings (SSSR count). The first-order valence-corrected chi connectivity index (χ1v) is 14.5. The molecule has 0 aromatic carbocycles. The summed E-state index contributed by atoms with van der Waals surface area (Å²) in [6, 6.07) is 7.03. The summed E-state index contributed by atoms with van der Waals surface area (Å²) >= 11 is 17.9. The largest absolute Gasteiger partial charge is 0.378 e. The number of carbonyl (C=O) groups is 2. The van der Waals surface area contributed by atoms with Gasteiger partial charge in [0.25, 0.3) is 0 Å². The Kier molecular flexibility index (Phi) is 11.3. The minimum atomic E-state index is -0.0345. The van der Waals surface area contributed by atoms with Crippen LogP contribution in [0.3, 0.4) is 0 Å². The number of likely N-dealkylation sites (N-methyl/N-ethyl adjacent to an activating group) is 2. The highest BCUT2D eigenvalue weighted by Gasteiger charge is 2.28. The van der Waals surface area contributed by atoms with Gasteiger partial charge in [0.1, 0.15) is 22.6 Å². The summed E-state index contributed by atoms with van der Waals surface area (Å²) in [4.78, 5) is 40.5. The summed E-state index contributed by atoms with van der Waals surface area (Å²) in [5, 5.41) is 4.30. The molecule has 0 aliphatic carbocycles. The monoisotopic (exact) mass is 628 g/mol. The van der Waals surface area contributed by atoms with E-state index in [9.17, 15) is 9.59 Å². The number of morpholine rings is 2. The fraction of sp³-hybridized carbons (Fsp3) is 0.538. The van der Waals surface area contributed by atoms with Gasteiger partial charge in [-0.2, -0.15) is 0 Å². The molecule has 2 aromatic rings. The van der Waals surface area contributed by atoms with Crippen LogP contribution in [0.25, 0.3) is 0 Å². The highest BCUT2D eigenvalue weighted by atomic mass is 35.5. The van der Waals surface area contributed by atoms with Gasteiger partial charge in [0, 0.05) is 76.5 Å². The van der Waals surface area contributed by atoms with Gasteiger partial charge in [-0.3, -0.25) is 4.90 Å². The van der Waals surface area contributed by atoms with Gasteiger partial charge in [-0.05, 0) is 24.3 Å². The van der Waals surface area contributed by atoms with Crippen molar-refractivity contribution >= 4 is 64.3 Å². The molecule has 0 spiro atoms. The Morgan fingerprint density at radius 1 is 0.683 bits per heavy atom. The van der Waals surface area contributed by atoms with E-state index in [1.165, 1.54) is 0 Å². The Labute approximate surface area is 255 Å². The maximum absolute atomic E-state index is 12.0. The smallest absolute Gasteiger partial charge is 0.325 e. The fourth-order valence-corrected chi connectivity index (χ4v) is 5.05. The number of hydrogen-bond donors (Lipinski definition) is 1. The molecule has 0 bridgehead atoms. The van der Waals surface area contributed by atoms with E-state index in [-0.39, 0.29) is 12.1 Å². The molecule has 4 aliphatic rings. The number of anilines is 3. The Bertz CT molecular complexity index is 1180. The van der Waals surface area contributed by atoms with Gasteiger partial charge in [-0.1, -0.05) is 34.8 Å². The zero-order valence-electron chi connectivity index (χ0n) is 23.2. The molecule has 0 unspecified atom stereocenters. The molecule has 0 saturated carbocycles. The minimum Gasteiger partial charge on any atom is -0.378 e. The van der Waals surface area contributed by atoms with Crippen LogP contribution in [0.5, 0.6) is 0 Å². The van der Waals surface area contributed by atoms with Gasteiger partial charge in [-0.15, -0.1) is 0 Å². The molecule has 41 heavy (non-hydrogen) atoms. The molecule has 2 aromatic heterocycles. The van der Waals surface area contributed by atoms with Gasteiger partial charge < -0.3 is 34.4 Å². The normalized spacial score (nSPS) is 19.0. The Morgan fingerprint density at radius 2 is 1.22 bits per heavy atom. The van der Waals surface area contributed by atoms with Crippen LogP contribution in [0.15, 0.2) is 24.3 Å². The average Bonchev–Trinajstić information content (AvgIpc) is 3.52. The zero-order valence-corrected chi connectivity index (χ0v) is 25.5. The number of nitrogens with one attached hydrogen (secondary N) is 1. The van der Waals surface area contributed by atoms with E-state index in [1.54, 1.807) is 40.9 Å². The first-order chi connectivity index (χ1) is 19.7. The molecule has 4 aliphatic heterocycles. The number of pyridine rings is 2. The lowest BCUT2D eigenvalue weighted by atomic mass is 10.3. The molecule has 4 amide bonds. The van der Waals surface area contributed by atoms with E-state index < -0.39 is 0 Å². The van der Waals surface area contributed by atoms with Crippen molar-refractivity contribution in [3.63, 3.8) is 0 Å². The number of halogens is 3. The number of rotatable bonds is 3. The summed E-state index contributed by atoms with van der Waals surface area (Å²) < 4.78 is 10.6. The van der Waals surface area contributed by atoms with Crippen molar-refractivity contribution in [2.24, 2.45) is 0 Å². The van der Waals surface area contributed by atoms with Gasteiger partial charge in [-0.25, -0.2) is 19.6 Å². The second-order valence-corrected chi connectivity index (χ2v) is 10.9. The quantitative estimate of drug-likeness (QED) is 0.516. The van der Waals surface area contributed by atoms with Crippen LogP contribution in [0.1, 0.15) is 0 Å². The molecule has 4 fully saturated rings. The molecule has 1 N–H and O–H groups in total. The summed E-state index contributed by atoms with van der Waals surface area (Å²) in [6.45, 7) is 9.09. The predicted octanol–water partition coefficient (Wildman–Crippen LogP) is 3.31. The van der Waals surface area contributed by atoms with Crippen molar-refractivity contribution in [1.29, 1.82) is 0 Å². The standard InChI is InChI=1S/C13H17ClN4O2.C9H10Cl2N2O.C4H8N2O/c1-16-2-3-18(13(16)19)12-9-10(14)8-11(15-12)17-4-6-20-7-5-17;10-7-5-8(11)12-9(6-7)13-1-3-14-4-2-13;1-6-3-2-5-4(6)7/h8-9H,2-7H2,1H3;5-6H,1-4H2;2-3H2,1H3,(H,5,7). The van der Waals surface area contributed by atoms with Gasteiger partial charge >= 0.3 is 12.1 Å². The third kappa shape index (κ3) is 8.86. The van der Waals surface area contributed by atoms with Crippen LogP contribution < -0.4 is 20.0 Å². The number of nitrogens with zero attached hydrogens (tertiary/aromatic N) is 7. The molecule has 4 saturated heterocycles. The number of amides is 4. The maximum Gasteiger partial charge on any atom is 0.325 e. The Balaban J connectivity index is 0.000000159. The first kappa shape index (κ1) is 31.2. The van der Waals surface area contributed by atoms with E-state index >= 15 is 0 Å². The number of urea groups is 2. The van der Waals surface area contributed by atoms with Crippen LogP contribution in [0, 0.1) is 0 Å². The molecular formula is C26H35Cl3N8O4. The van der Waals surface area contributed by atoms with E-state index in [2.05, 4.69) is 25.1 Å². The maximum atomic E-state index is 12.0. The lowest BCUT2D eigenvalue weighted by Gasteiger charge is -2.28. The van der Waals surface area contributed by atoms with Crippen LogP contribution in [0.4, 0.5) is 27.0 Å². The lowest BCUT2D eigenvalue weighted by molar-refractivity contribution is 0.122. The number of carbonyl (C=O) groups excluding carboxylic acids is 2. The first-order valence-electron chi connectivity index (χ1n) is 13.4. The van der Waals surface area contributed by atoms with Crippen molar-refractivity contribution in [2.75, 3.05) is 108 Å². The fourth-order valence-electron chi connectivity index (χ4n) is 4.40. The summed E-state index contributed by atoms with van der Waals surface area (Å²) in [5.74, 6) is 2.25. The van der Waals surface area contributed by atoms with Gasteiger partial charge in [0.05, 0.1) is 26.4 Å². The lowest BCUT2D eigenvalue weighted by Crippen LogP contribution is -2.37. The third-order valence-corrected chi connectivity index (χ3v) is 7.37. The average molecular weight is 630 g/mol. The van der Waals surface area contributed by atoms with Gasteiger partial charge in [0.2, 0.25) is 0 Å². The minimum absolute atomic E-state index is 0.0345. The van der Waals surface area contributed by atoms with Crippen LogP contribution in [0.2, 0.25) is 15.2 Å². The third-order valence-electron chi connectivity index (χ3n) is 6.74. The summed E-state index contributed by atoms with van der Waals surface area (Å²) in [5.41, 5.74) is 0. The molecule has 6 heterocycles. The van der Waals surface area contributed by atoms with E-state index in [0.717, 1.165) is 64.1 Å². The highest BCUT2D eigenvalue weighted by Crippen LogP contribution is 2.26. The molecule has 0 radical (unpaired) electrons.